The van der Waals surface area contributed by atoms with Gasteiger partial charge in [-0.05, 0) is 86.6 Å². The highest BCUT2D eigenvalue weighted by molar-refractivity contribution is 6.02. The molecule has 0 spiro atoms. The zero-order chi connectivity index (χ0) is 26.2. The molecule has 0 saturated heterocycles. The second-order valence-corrected chi connectivity index (χ2v) is 10.6. The van der Waals surface area contributed by atoms with Crippen LogP contribution >= 0.6 is 0 Å². The summed E-state index contributed by atoms with van der Waals surface area (Å²) in [6, 6.07) is 19.7. The van der Waals surface area contributed by atoms with Crippen LogP contribution in [0.1, 0.15) is 50.3 Å². The molecule has 0 aromatic heterocycles. The van der Waals surface area contributed by atoms with Gasteiger partial charge in [0, 0.05) is 12.2 Å². The number of rotatable bonds is 6. The van der Waals surface area contributed by atoms with Gasteiger partial charge in [0.2, 0.25) is 12.7 Å². The minimum Gasteiger partial charge on any atom is -0.454 e. The molecule has 7 nitrogen and oxygen atoms in total. The number of anilines is 1. The molecule has 7 heteroatoms. The SMILES string of the molecule is Cc1c(NC(=O)C2(c3ccc4c(c3)OCO4)CC2)cccc1-c1ccc(CNC(=O)OC(C)(C)C)cc1. The number of carbonyl (C=O) groups excluding carboxylic acids is 2. The van der Waals surface area contributed by atoms with Gasteiger partial charge >= 0.3 is 6.09 Å². The van der Waals surface area contributed by atoms with Crippen molar-refractivity contribution in [2.24, 2.45) is 0 Å². The van der Waals surface area contributed by atoms with Crippen LogP contribution in [0, 0.1) is 6.92 Å². The molecule has 2 N–H and O–H groups in total. The monoisotopic (exact) mass is 500 g/mol. The molecule has 3 aromatic carbocycles. The standard InChI is InChI=1S/C30H32N2O5/c1-19-23(21-10-8-20(9-11-21)17-31-28(34)37-29(2,3)4)6-5-7-24(19)32-27(33)30(14-15-30)22-12-13-25-26(16-22)36-18-35-25/h5-13,16H,14-15,17-18H2,1-4H3,(H,31,34)(H,32,33). The highest BCUT2D eigenvalue weighted by Gasteiger charge is 2.51. The van der Waals surface area contributed by atoms with Crippen LogP contribution in [-0.4, -0.2) is 24.4 Å². The Morgan fingerprint density at radius 1 is 0.973 bits per heavy atom. The molecule has 1 fully saturated rings. The lowest BCUT2D eigenvalue weighted by atomic mass is 9.93. The average molecular weight is 501 g/mol. The fourth-order valence-electron chi connectivity index (χ4n) is 4.58. The van der Waals surface area contributed by atoms with Gasteiger partial charge in [-0.15, -0.1) is 0 Å². The van der Waals surface area contributed by atoms with E-state index in [-0.39, 0.29) is 12.7 Å². The molecule has 1 saturated carbocycles. The Bertz CT molecular complexity index is 1340. The van der Waals surface area contributed by atoms with E-state index in [0.717, 1.165) is 52.1 Å². The molecule has 1 aliphatic carbocycles. The van der Waals surface area contributed by atoms with Gasteiger partial charge in [0.05, 0.1) is 5.41 Å². The third kappa shape index (κ3) is 5.26. The molecule has 2 aliphatic rings. The zero-order valence-corrected chi connectivity index (χ0v) is 21.6. The summed E-state index contributed by atoms with van der Waals surface area (Å²) in [4.78, 5) is 25.4. The topological polar surface area (TPSA) is 85.9 Å². The molecule has 3 aromatic rings. The largest absolute Gasteiger partial charge is 0.454 e. The Morgan fingerprint density at radius 2 is 1.70 bits per heavy atom. The molecule has 2 amide bonds. The number of carbonyl (C=O) groups is 2. The van der Waals surface area contributed by atoms with Crippen LogP contribution < -0.4 is 20.1 Å². The zero-order valence-electron chi connectivity index (χ0n) is 21.6. The van der Waals surface area contributed by atoms with Gasteiger partial charge < -0.3 is 24.8 Å². The quantitative estimate of drug-likeness (QED) is 0.428. The summed E-state index contributed by atoms with van der Waals surface area (Å²) in [5.74, 6) is 1.41. The maximum atomic E-state index is 13.4. The fourth-order valence-corrected chi connectivity index (χ4v) is 4.58. The van der Waals surface area contributed by atoms with Gasteiger partial charge in [0.25, 0.3) is 0 Å². The van der Waals surface area contributed by atoms with Crippen molar-refractivity contribution >= 4 is 17.7 Å². The molecule has 0 atom stereocenters. The van der Waals surface area contributed by atoms with Gasteiger partial charge in [-0.1, -0.05) is 42.5 Å². The van der Waals surface area contributed by atoms with Gasteiger partial charge in [-0.3, -0.25) is 4.79 Å². The number of benzene rings is 3. The predicted molar refractivity (Wildman–Crippen MR) is 142 cm³/mol. The van der Waals surface area contributed by atoms with Crippen molar-refractivity contribution in [1.82, 2.24) is 5.32 Å². The second kappa shape index (κ2) is 9.47. The van der Waals surface area contributed by atoms with Crippen molar-refractivity contribution in [2.45, 2.75) is 58.1 Å². The first kappa shape index (κ1) is 24.7. The van der Waals surface area contributed by atoms with Crippen LogP contribution in [0.3, 0.4) is 0 Å². The van der Waals surface area contributed by atoms with E-state index in [9.17, 15) is 9.59 Å². The van der Waals surface area contributed by atoms with Crippen molar-refractivity contribution in [3.63, 3.8) is 0 Å². The Kier molecular flexibility index (Phi) is 6.31. The normalized spacial score (nSPS) is 15.1. The van der Waals surface area contributed by atoms with Crippen molar-refractivity contribution in [1.29, 1.82) is 0 Å². The first-order valence-corrected chi connectivity index (χ1v) is 12.5. The summed E-state index contributed by atoms with van der Waals surface area (Å²) in [6.45, 7) is 8.12. The van der Waals surface area contributed by atoms with E-state index < -0.39 is 17.1 Å². The summed E-state index contributed by atoms with van der Waals surface area (Å²) in [5, 5.41) is 5.96. The summed E-state index contributed by atoms with van der Waals surface area (Å²) in [6.07, 6.45) is 1.16. The lowest BCUT2D eigenvalue weighted by molar-refractivity contribution is -0.118. The molecule has 0 unspecified atom stereocenters. The molecule has 0 bridgehead atoms. The van der Waals surface area contributed by atoms with Crippen molar-refractivity contribution < 1.29 is 23.8 Å². The third-order valence-electron chi connectivity index (χ3n) is 6.79. The Hall–Kier alpha value is -4.00. The van der Waals surface area contributed by atoms with E-state index in [1.807, 2.05) is 88.4 Å². The van der Waals surface area contributed by atoms with Gasteiger partial charge in [-0.25, -0.2) is 4.79 Å². The van der Waals surface area contributed by atoms with Gasteiger partial charge in [-0.2, -0.15) is 0 Å². The van der Waals surface area contributed by atoms with Crippen molar-refractivity contribution in [3.8, 4) is 22.6 Å². The van der Waals surface area contributed by atoms with E-state index >= 15 is 0 Å². The molecule has 1 heterocycles. The molecular weight excluding hydrogens is 468 g/mol. The van der Waals surface area contributed by atoms with E-state index in [1.165, 1.54) is 0 Å². The smallest absolute Gasteiger partial charge is 0.407 e. The number of hydrogen-bond acceptors (Lipinski definition) is 5. The lowest BCUT2D eigenvalue weighted by Gasteiger charge is -2.20. The first-order chi connectivity index (χ1) is 17.6. The van der Waals surface area contributed by atoms with Gasteiger partial charge in [0.15, 0.2) is 11.5 Å². The highest BCUT2D eigenvalue weighted by Crippen LogP contribution is 2.51. The van der Waals surface area contributed by atoms with Crippen LogP contribution in [0.4, 0.5) is 10.5 Å². The second-order valence-electron chi connectivity index (χ2n) is 10.6. The fraction of sp³-hybridized carbons (Fsp3) is 0.333. The van der Waals surface area contributed by atoms with Crippen LogP contribution in [0.25, 0.3) is 11.1 Å². The maximum absolute atomic E-state index is 13.4. The van der Waals surface area contributed by atoms with Crippen molar-refractivity contribution in [2.75, 3.05) is 12.1 Å². The minimum atomic E-state index is -0.536. The molecule has 1 aliphatic heterocycles. The van der Waals surface area contributed by atoms with E-state index in [2.05, 4.69) is 10.6 Å². The van der Waals surface area contributed by atoms with E-state index in [4.69, 9.17) is 14.2 Å². The number of nitrogens with one attached hydrogen (secondary N) is 2. The summed E-state index contributed by atoms with van der Waals surface area (Å²) < 4.78 is 16.2. The Balaban J connectivity index is 1.28. The maximum Gasteiger partial charge on any atom is 0.407 e. The highest BCUT2D eigenvalue weighted by atomic mass is 16.7. The average Bonchev–Trinajstić information content (AvgIpc) is 3.54. The molecule has 192 valence electrons. The summed E-state index contributed by atoms with van der Waals surface area (Å²) >= 11 is 0. The van der Waals surface area contributed by atoms with E-state index in [0.29, 0.717) is 12.3 Å². The number of alkyl carbamates (subject to hydrolysis) is 1. The first-order valence-electron chi connectivity index (χ1n) is 12.5. The van der Waals surface area contributed by atoms with E-state index in [1.54, 1.807) is 0 Å². The lowest BCUT2D eigenvalue weighted by Crippen LogP contribution is -2.32. The van der Waals surface area contributed by atoms with Gasteiger partial charge in [0.1, 0.15) is 5.60 Å². The Labute approximate surface area is 217 Å². The summed E-state index contributed by atoms with van der Waals surface area (Å²) in [5.41, 5.74) is 4.72. The Morgan fingerprint density at radius 3 is 2.41 bits per heavy atom. The predicted octanol–water partition coefficient (Wildman–Crippen LogP) is 6.09. The molecule has 37 heavy (non-hydrogen) atoms. The number of ether oxygens (including phenoxy) is 3. The summed E-state index contributed by atoms with van der Waals surface area (Å²) in [7, 11) is 0. The molecular formula is C30H32N2O5. The minimum absolute atomic E-state index is 0.00446. The van der Waals surface area contributed by atoms with Crippen LogP contribution in [0.5, 0.6) is 11.5 Å². The molecule has 5 rings (SSSR count). The number of hydrogen-bond donors (Lipinski definition) is 2. The van der Waals surface area contributed by atoms with Crippen LogP contribution in [0.15, 0.2) is 60.7 Å². The van der Waals surface area contributed by atoms with Crippen molar-refractivity contribution in [3.05, 3.63) is 77.4 Å². The van der Waals surface area contributed by atoms with Crippen LogP contribution in [-0.2, 0) is 21.5 Å². The number of amides is 2. The number of fused-ring (bicyclic) bond motifs is 1. The molecule has 0 radical (unpaired) electrons. The van der Waals surface area contributed by atoms with Crippen LogP contribution in [0.2, 0.25) is 0 Å². The third-order valence-corrected chi connectivity index (χ3v) is 6.79.